The van der Waals surface area contributed by atoms with Crippen LogP contribution in [0.1, 0.15) is 12.0 Å². The van der Waals surface area contributed by atoms with Gasteiger partial charge in [-0.25, -0.2) is 4.99 Å². The summed E-state index contributed by atoms with van der Waals surface area (Å²) in [5.41, 5.74) is -1.08. The Hall–Kier alpha value is -0.520. The fraction of sp³-hybridized carbons (Fsp3) is 0.417. The van der Waals surface area contributed by atoms with Gasteiger partial charge in [0.2, 0.25) is 0 Å². The van der Waals surface area contributed by atoms with E-state index in [4.69, 9.17) is 16.3 Å². The van der Waals surface area contributed by atoms with Crippen LogP contribution in [0, 0.1) is 0 Å². The van der Waals surface area contributed by atoms with Crippen molar-refractivity contribution in [2.24, 2.45) is 4.99 Å². The highest BCUT2D eigenvalue weighted by Crippen LogP contribution is 2.41. The minimum atomic E-state index is -3.00. The van der Waals surface area contributed by atoms with Crippen molar-refractivity contribution in [3.05, 3.63) is 34.9 Å². The van der Waals surface area contributed by atoms with Gasteiger partial charge < -0.3 is 4.74 Å². The van der Waals surface area contributed by atoms with E-state index >= 15 is 0 Å². The molecular formula is C12H11BrClF2NO. The highest BCUT2D eigenvalue weighted by atomic mass is 79.9. The van der Waals surface area contributed by atoms with Gasteiger partial charge in [-0.15, -0.1) is 0 Å². The average Bonchev–Trinajstić information content (AvgIpc) is 2.63. The molecule has 0 fully saturated rings. The van der Waals surface area contributed by atoms with E-state index in [2.05, 4.69) is 20.9 Å². The minimum Gasteiger partial charge on any atom is -0.356 e. The van der Waals surface area contributed by atoms with Crippen molar-refractivity contribution < 1.29 is 13.5 Å². The van der Waals surface area contributed by atoms with E-state index in [1.165, 1.54) is 19.2 Å². The summed E-state index contributed by atoms with van der Waals surface area (Å²) in [4.78, 5) is 4.06. The number of halogens is 4. The Bertz CT molecular complexity index is 471. The average molecular weight is 339 g/mol. The molecule has 0 radical (unpaired) electrons. The monoisotopic (exact) mass is 337 g/mol. The van der Waals surface area contributed by atoms with Crippen LogP contribution in [-0.2, 0) is 4.74 Å². The summed E-state index contributed by atoms with van der Waals surface area (Å²) in [7, 11) is 1.38. The van der Waals surface area contributed by atoms with Crippen LogP contribution < -0.4 is 0 Å². The van der Waals surface area contributed by atoms with Crippen LogP contribution in [0.2, 0.25) is 5.02 Å². The van der Waals surface area contributed by atoms with Gasteiger partial charge >= 0.3 is 0 Å². The predicted octanol–water partition coefficient (Wildman–Crippen LogP) is 3.91. The molecule has 0 saturated carbocycles. The zero-order valence-corrected chi connectivity index (χ0v) is 11.9. The molecule has 0 bridgehead atoms. The van der Waals surface area contributed by atoms with Gasteiger partial charge in [0.25, 0.3) is 5.92 Å². The van der Waals surface area contributed by atoms with E-state index in [0.717, 1.165) is 0 Å². The molecule has 0 aliphatic carbocycles. The second kappa shape index (κ2) is 4.87. The molecular weight excluding hydrogens is 327 g/mol. The molecule has 0 aromatic heterocycles. The quantitative estimate of drug-likeness (QED) is 0.766. The Morgan fingerprint density at radius 2 is 2.00 bits per heavy atom. The first-order valence-corrected chi connectivity index (χ1v) is 6.78. The van der Waals surface area contributed by atoms with Gasteiger partial charge in [0, 0.05) is 17.7 Å². The van der Waals surface area contributed by atoms with E-state index in [1.807, 2.05) is 0 Å². The summed E-state index contributed by atoms with van der Waals surface area (Å²) in [5.74, 6) is -3.00. The first-order chi connectivity index (χ1) is 8.42. The number of nitrogens with zero attached hydrogens (tertiary/aromatic N) is 1. The highest BCUT2D eigenvalue weighted by Gasteiger charge is 2.52. The fourth-order valence-electron chi connectivity index (χ4n) is 1.89. The van der Waals surface area contributed by atoms with Crippen molar-refractivity contribution in [1.29, 1.82) is 0 Å². The van der Waals surface area contributed by atoms with Crippen molar-refractivity contribution in [1.82, 2.24) is 0 Å². The second-order valence-electron chi connectivity index (χ2n) is 4.13. The maximum absolute atomic E-state index is 14.0. The summed E-state index contributed by atoms with van der Waals surface area (Å²) in [6, 6.07) is 6.21. The number of hydrogen-bond acceptors (Lipinski definition) is 2. The fourth-order valence-corrected chi connectivity index (χ4v) is 2.57. The molecule has 1 aliphatic heterocycles. The molecule has 1 aromatic rings. The van der Waals surface area contributed by atoms with Crippen molar-refractivity contribution >= 4 is 33.2 Å². The lowest BCUT2D eigenvalue weighted by molar-refractivity contribution is -0.0355. The van der Waals surface area contributed by atoms with E-state index < -0.39 is 18.1 Å². The van der Waals surface area contributed by atoms with Crippen LogP contribution in [0.5, 0.6) is 0 Å². The van der Waals surface area contributed by atoms with E-state index in [0.29, 0.717) is 10.6 Å². The van der Waals surface area contributed by atoms with E-state index in [9.17, 15) is 8.78 Å². The Balaban J connectivity index is 2.44. The molecule has 1 atom stereocenters. The maximum Gasteiger partial charge on any atom is 0.294 e. The largest absolute Gasteiger partial charge is 0.356 e. The number of ether oxygens (including phenoxy) is 1. The van der Waals surface area contributed by atoms with Crippen LogP contribution in [-0.4, -0.2) is 29.8 Å². The van der Waals surface area contributed by atoms with Crippen LogP contribution >= 0.6 is 27.5 Å². The van der Waals surface area contributed by atoms with Gasteiger partial charge in [-0.3, -0.25) is 0 Å². The van der Waals surface area contributed by atoms with E-state index in [1.54, 1.807) is 12.1 Å². The summed E-state index contributed by atoms with van der Waals surface area (Å²) in [6.45, 7) is 0. The highest BCUT2D eigenvalue weighted by molar-refractivity contribution is 9.09. The lowest BCUT2D eigenvalue weighted by Gasteiger charge is -2.21. The van der Waals surface area contributed by atoms with Crippen LogP contribution in [0.3, 0.4) is 0 Å². The third kappa shape index (κ3) is 2.44. The Kier molecular flexibility index (Phi) is 3.76. The van der Waals surface area contributed by atoms with Crippen LogP contribution in [0.15, 0.2) is 29.3 Å². The third-order valence-corrected chi connectivity index (χ3v) is 3.99. The Morgan fingerprint density at radius 3 is 2.44 bits per heavy atom. The number of benzene rings is 1. The number of rotatable bonds is 3. The first-order valence-electron chi connectivity index (χ1n) is 5.28. The molecule has 1 aliphatic rings. The van der Waals surface area contributed by atoms with E-state index in [-0.39, 0.29) is 11.0 Å². The Labute approximate surface area is 117 Å². The molecule has 2 nitrogen and oxygen atoms in total. The Morgan fingerprint density at radius 1 is 1.39 bits per heavy atom. The van der Waals surface area contributed by atoms with Crippen LogP contribution in [0.25, 0.3) is 0 Å². The van der Waals surface area contributed by atoms with Crippen molar-refractivity contribution in [3.63, 3.8) is 0 Å². The summed E-state index contributed by atoms with van der Waals surface area (Å²) in [6.07, 6.45) is -0.459. The number of alkyl halides is 3. The number of methoxy groups -OCH3 is 1. The molecule has 1 unspecified atom stereocenters. The molecule has 6 heteroatoms. The summed E-state index contributed by atoms with van der Waals surface area (Å²) < 4.78 is 33.1. The third-order valence-electron chi connectivity index (χ3n) is 2.87. The number of hydrogen-bond donors (Lipinski definition) is 0. The van der Waals surface area contributed by atoms with Crippen molar-refractivity contribution in [2.45, 2.75) is 18.1 Å². The first kappa shape index (κ1) is 13.9. The second-order valence-corrected chi connectivity index (χ2v) is 5.13. The molecule has 18 heavy (non-hydrogen) atoms. The van der Waals surface area contributed by atoms with Gasteiger partial charge in [-0.05, 0) is 12.1 Å². The molecule has 0 spiro atoms. The van der Waals surface area contributed by atoms with Gasteiger partial charge in [0.1, 0.15) is 5.71 Å². The topological polar surface area (TPSA) is 21.6 Å². The standard InChI is InChI=1S/C12H11BrClF2NO/c1-18-11(7-13)6-12(15,16)10(17-11)8-2-4-9(14)5-3-8/h2-5H,6-7H2,1H3. The lowest BCUT2D eigenvalue weighted by atomic mass is 10.0. The summed E-state index contributed by atoms with van der Waals surface area (Å²) >= 11 is 8.91. The normalized spacial score (nSPS) is 26.2. The minimum absolute atomic E-state index is 0.225. The van der Waals surface area contributed by atoms with Crippen molar-refractivity contribution in [2.75, 3.05) is 12.4 Å². The molecule has 0 saturated heterocycles. The zero-order valence-electron chi connectivity index (χ0n) is 9.59. The summed E-state index contributed by atoms with van der Waals surface area (Å²) in [5, 5.41) is 0.725. The molecule has 0 N–H and O–H groups in total. The number of aliphatic imine (C=N–C) groups is 1. The van der Waals surface area contributed by atoms with Crippen molar-refractivity contribution in [3.8, 4) is 0 Å². The molecule has 98 valence electrons. The lowest BCUT2D eigenvalue weighted by Crippen LogP contribution is -2.33. The van der Waals surface area contributed by atoms with Gasteiger partial charge in [0.15, 0.2) is 5.72 Å². The zero-order chi connectivity index (χ0) is 13.4. The maximum atomic E-state index is 14.0. The molecule has 1 heterocycles. The molecule has 1 aromatic carbocycles. The molecule has 0 amide bonds. The molecule has 2 rings (SSSR count). The van der Waals surface area contributed by atoms with Crippen LogP contribution in [0.4, 0.5) is 8.78 Å². The van der Waals surface area contributed by atoms with Gasteiger partial charge in [-0.1, -0.05) is 39.7 Å². The van der Waals surface area contributed by atoms with Gasteiger partial charge in [0.05, 0.1) is 11.8 Å². The SMILES string of the molecule is COC1(CBr)CC(F)(F)C(c2ccc(Cl)cc2)=N1. The predicted molar refractivity (Wildman–Crippen MR) is 71.1 cm³/mol. The van der Waals surface area contributed by atoms with Gasteiger partial charge in [-0.2, -0.15) is 8.78 Å². The smallest absolute Gasteiger partial charge is 0.294 e.